The van der Waals surface area contributed by atoms with E-state index in [0.717, 1.165) is 0 Å². The van der Waals surface area contributed by atoms with E-state index in [4.69, 9.17) is 26.8 Å². The number of morpholine rings is 1. The molecule has 250 valence electrons. The van der Waals surface area contributed by atoms with Crippen LogP contribution in [0.3, 0.4) is 0 Å². The smallest absolute Gasteiger partial charge is 0.429 e. The molecule has 15 heteroatoms. The normalized spacial score (nSPS) is 20.3. The number of benzene rings is 2. The van der Waals surface area contributed by atoms with Gasteiger partial charge in [-0.3, -0.25) is 9.59 Å². The van der Waals surface area contributed by atoms with Crippen LogP contribution >= 0.6 is 11.6 Å². The molecule has 0 bridgehead atoms. The summed E-state index contributed by atoms with van der Waals surface area (Å²) in [5.74, 6) is -1.43. The lowest BCUT2D eigenvalue weighted by molar-refractivity contribution is -0.198. The number of aliphatic carboxylic acids is 1. The molecule has 2 atom stereocenters. The molecular formula is C32H34ClF3N6O5. The number of ether oxygens (including phenoxy) is 2. The second-order valence-electron chi connectivity index (χ2n) is 12.1. The standard InChI is InChI=1S/C32H34ClF3N6O5/c33-21-4-5-22(23(15-21)19-2-1-3-20(14-19)28(43)42-10-12-46-13-11-42)27(32(34,35)36)47-26-16-25(39-30(37)40-26)41-8-6-31(7-9-41)17-24(29(44)45)38-18-31/h1-5,14-16,24,27,38H,6-13,17-18H2,(H,44,45)(H2,37,39,40)/t24?,27-/m1/s1. The number of nitrogens with zero attached hydrogens (tertiary/aromatic N) is 4. The number of aromatic nitrogens is 2. The first-order valence-corrected chi connectivity index (χ1v) is 15.6. The number of hydrogen-bond acceptors (Lipinski definition) is 9. The second-order valence-corrected chi connectivity index (χ2v) is 12.6. The molecule has 47 heavy (non-hydrogen) atoms. The summed E-state index contributed by atoms with van der Waals surface area (Å²) in [6, 6.07) is 11.1. The largest absolute Gasteiger partial charge is 0.480 e. The predicted octanol–water partition coefficient (Wildman–Crippen LogP) is 4.57. The molecule has 4 N–H and O–H groups in total. The van der Waals surface area contributed by atoms with Gasteiger partial charge in [0.2, 0.25) is 17.9 Å². The molecule has 1 spiro atoms. The van der Waals surface area contributed by atoms with Crippen LogP contribution in [0.1, 0.15) is 41.3 Å². The molecule has 0 aliphatic carbocycles. The number of halogens is 4. The number of nitrogen functional groups attached to an aromatic ring is 1. The number of carbonyl (C=O) groups excluding carboxylic acids is 1. The zero-order valence-electron chi connectivity index (χ0n) is 25.3. The van der Waals surface area contributed by atoms with Crippen molar-refractivity contribution >= 4 is 35.2 Å². The van der Waals surface area contributed by atoms with Gasteiger partial charge in [0.05, 0.1) is 13.2 Å². The molecule has 3 aliphatic rings. The third kappa shape index (κ3) is 7.24. The maximum absolute atomic E-state index is 14.8. The molecule has 0 radical (unpaired) electrons. The Labute approximate surface area is 273 Å². The van der Waals surface area contributed by atoms with E-state index < -0.39 is 24.3 Å². The van der Waals surface area contributed by atoms with Gasteiger partial charge in [-0.05, 0) is 60.1 Å². The van der Waals surface area contributed by atoms with Crippen molar-refractivity contribution < 1.29 is 37.3 Å². The molecule has 3 fully saturated rings. The fourth-order valence-corrected chi connectivity index (χ4v) is 6.71. The Balaban J connectivity index is 1.26. The summed E-state index contributed by atoms with van der Waals surface area (Å²) in [6.07, 6.45) is -5.47. The van der Waals surface area contributed by atoms with E-state index >= 15 is 0 Å². The highest BCUT2D eigenvalue weighted by Gasteiger charge is 2.46. The van der Waals surface area contributed by atoms with Crippen molar-refractivity contribution in [3.8, 4) is 17.0 Å². The first-order chi connectivity index (χ1) is 22.4. The minimum atomic E-state index is -4.88. The van der Waals surface area contributed by atoms with Crippen molar-refractivity contribution in [2.24, 2.45) is 5.41 Å². The number of piperidine rings is 1. The van der Waals surface area contributed by atoms with Gasteiger partial charge in [0.25, 0.3) is 5.91 Å². The highest BCUT2D eigenvalue weighted by molar-refractivity contribution is 6.30. The van der Waals surface area contributed by atoms with Gasteiger partial charge in [0, 0.05) is 54.9 Å². The molecule has 3 aliphatic heterocycles. The highest BCUT2D eigenvalue weighted by atomic mass is 35.5. The fraction of sp³-hybridized carbons (Fsp3) is 0.438. The van der Waals surface area contributed by atoms with E-state index in [9.17, 15) is 27.9 Å². The second kappa shape index (κ2) is 13.2. The first-order valence-electron chi connectivity index (χ1n) is 15.3. The number of amides is 1. The van der Waals surface area contributed by atoms with E-state index in [2.05, 4.69) is 15.3 Å². The average molecular weight is 675 g/mol. The number of hydrogen-bond donors (Lipinski definition) is 3. The summed E-state index contributed by atoms with van der Waals surface area (Å²) in [7, 11) is 0. The highest BCUT2D eigenvalue weighted by Crippen LogP contribution is 2.43. The van der Waals surface area contributed by atoms with Gasteiger partial charge in [-0.1, -0.05) is 29.8 Å². The van der Waals surface area contributed by atoms with Crippen LogP contribution in [0.15, 0.2) is 48.5 Å². The molecule has 2 aromatic carbocycles. The van der Waals surface area contributed by atoms with Crippen molar-refractivity contribution in [1.29, 1.82) is 0 Å². The van der Waals surface area contributed by atoms with Crippen LogP contribution < -0.4 is 20.7 Å². The van der Waals surface area contributed by atoms with E-state index in [1.165, 1.54) is 24.3 Å². The van der Waals surface area contributed by atoms with Crippen molar-refractivity contribution in [3.63, 3.8) is 0 Å². The van der Waals surface area contributed by atoms with Crippen LogP contribution in [0, 0.1) is 5.41 Å². The molecule has 11 nitrogen and oxygen atoms in total. The Morgan fingerprint density at radius 3 is 2.51 bits per heavy atom. The summed E-state index contributed by atoms with van der Waals surface area (Å²) in [6.45, 7) is 3.25. The third-order valence-electron chi connectivity index (χ3n) is 9.07. The molecular weight excluding hydrogens is 641 g/mol. The molecule has 3 aromatic rings. The minimum absolute atomic E-state index is 0.143. The van der Waals surface area contributed by atoms with E-state index in [0.29, 0.717) is 82.1 Å². The lowest BCUT2D eigenvalue weighted by Gasteiger charge is -2.39. The molecule has 4 heterocycles. The van der Waals surface area contributed by atoms with Gasteiger partial charge < -0.3 is 35.4 Å². The summed E-state index contributed by atoms with van der Waals surface area (Å²) >= 11 is 6.28. The van der Waals surface area contributed by atoms with Crippen molar-refractivity contribution in [3.05, 3.63) is 64.7 Å². The maximum Gasteiger partial charge on any atom is 0.429 e. The molecule has 1 unspecified atom stereocenters. The SMILES string of the molecule is Nc1nc(O[C@H](c2ccc(Cl)cc2-c2cccc(C(=O)N3CCOCC3)c2)C(F)(F)F)cc(N2CCC3(CC2)CNC(C(=O)O)C3)n1. The van der Waals surface area contributed by atoms with Crippen LogP contribution in [-0.2, 0) is 9.53 Å². The third-order valence-corrected chi connectivity index (χ3v) is 9.30. The number of alkyl halides is 3. The topological polar surface area (TPSA) is 143 Å². The number of nitrogens with one attached hydrogen (secondary N) is 1. The quantitative estimate of drug-likeness (QED) is 0.326. The monoisotopic (exact) mass is 674 g/mol. The minimum Gasteiger partial charge on any atom is -0.480 e. The van der Waals surface area contributed by atoms with Gasteiger partial charge in [0.1, 0.15) is 11.9 Å². The van der Waals surface area contributed by atoms with E-state index in [-0.39, 0.29) is 39.3 Å². The van der Waals surface area contributed by atoms with Crippen molar-refractivity contribution in [1.82, 2.24) is 20.2 Å². The van der Waals surface area contributed by atoms with Crippen molar-refractivity contribution in [2.45, 2.75) is 37.6 Å². The fourth-order valence-electron chi connectivity index (χ4n) is 6.54. The lowest BCUT2D eigenvalue weighted by atomic mass is 9.76. The molecule has 6 rings (SSSR count). The predicted molar refractivity (Wildman–Crippen MR) is 167 cm³/mol. The number of carbonyl (C=O) groups is 2. The summed E-state index contributed by atoms with van der Waals surface area (Å²) < 4.78 is 55.3. The van der Waals surface area contributed by atoms with Gasteiger partial charge in [-0.2, -0.15) is 23.1 Å². The number of nitrogens with two attached hydrogens (primary N) is 1. The number of carboxylic acid groups (broad SMARTS) is 1. The molecule has 3 saturated heterocycles. The van der Waals surface area contributed by atoms with Gasteiger partial charge in [0.15, 0.2) is 0 Å². The Hall–Kier alpha value is -4.14. The average Bonchev–Trinajstić information content (AvgIpc) is 3.47. The van der Waals surface area contributed by atoms with Crippen LogP contribution in [0.25, 0.3) is 11.1 Å². The van der Waals surface area contributed by atoms with E-state index in [1.54, 1.807) is 29.2 Å². The lowest BCUT2D eigenvalue weighted by Crippen LogP contribution is -2.41. The van der Waals surface area contributed by atoms with Gasteiger partial charge in [-0.25, -0.2) is 0 Å². The molecule has 1 aromatic heterocycles. The number of carboxylic acids is 1. The van der Waals surface area contributed by atoms with Crippen molar-refractivity contribution in [2.75, 3.05) is 56.6 Å². The van der Waals surface area contributed by atoms with Crippen LogP contribution in [-0.4, -0.2) is 90.0 Å². The Morgan fingerprint density at radius 1 is 1.09 bits per heavy atom. The van der Waals surface area contributed by atoms with Crippen LogP contribution in [0.5, 0.6) is 5.88 Å². The Morgan fingerprint density at radius 2 is 1.83 bits per heavy atom. The molecule has 0 saturated carbocycles. The zero-order valence-corrected chi connectivity index (χ0v) is 26.1. The summed E-state index contributed by atoms with van der Waals surface area (Å²) in [5, 5.41) is 12.7. The van der Waals surface area contributed by atoms with Crippen LogP contribution in [0.4, 0.5) is 24.9 Å². The summed E-state index contributed by atoms with van der Waals surface area (Å²) in [5.41, 5.74) is 6.38. The van der Waals surface area contributed by atoms with E-state index in [1.807, 2.05) is 4.90 Å². The molecule has 1 amide bonds. The number of anilines is 2. The Kier molecular flexibility index (Phi) is 9.18. The Bertz CT molecular complexity index is 1650. The van der Waals surface area contributed by atoms with Crippen LogP contribution in [0.2, 0.25) is 5.02 Å². The number of rotatable bonds is 7. The summed E-state index contributed by atoms with van der Waals surface area (Å²) in [4.78, 5) is 36.4. The zero-order chi connectivity index (χ0) is 33.3. The van der Waals surface area contributed by atoms with Gasteiger partial charge in [-0.15, -0.1) is 0 Å². The van der Waals surface area contributed by atoms with Gasteiger partial charge >= 0.3 is 12.1 Å². The maximum atomic E-state index is 14.8. The first kappa shape index (κ1) is 32.8.